The van der Waals surface area contributed by atoms with E-state index in [1.165, 1.54) is 11.3 Å². The van der Waals surface area contributed by atoms with Gasteiger partial charge in [0.05, 0.1) is 13.2 Å². The molecule has 1 fully saturated rings. The highest BCUT2D eigenvalue weighted by atomic mass is 32.1. The molecule has 118 valence electrons. The molecule has 2 aromatic heterocycles. The van der Waals surface area contributed by atoms with E-state index in [1.807, 2.05) is 11.4 Å². The van der Waals surface area contributed by atoms with Crippen LogP contribution in [0.25, 0.3) is 0 Å². The van der Waals surface area contributed by atoms with E-state index in [0.717, 1.165) is 23.4 Å². The first-order valence-corrected chi connectivity index (χ1v) is 9.04. The number of ether oxygens (including phenoxy) is 1. The number of thiophene rings is 1. The number of anilines is 1. The zero-order chi connectivity index (χ0) is 15.4. The van der Waals surface area contributed by atoms with Crippen LogP contribution in [0.5, 0.6) is 0 Å². The van der Waals surface area contributed by atoms with Crippen molar-refractivity contribution in [1.82, 2.24) is 15.1 Å². The van der Waals surface area contributed by atoms with Gasteiger partial charge in [-0.2, -0.15) is 11.3 Å². The molecule has 3 heterocycles. The fourth-order valence-corrected chi connectivity index (χ4v) is 3.82. The van der Waals surface area contributed by atoms with Crippen LogP contribution in [0.3, 0.4) is 0 Å². The topological polar surface area (TPSA) is 67.4 Å². The van der Waals surface area contributed by atoms with Gasteiger partial charge in [-0.25, -0.2) is 4.79 Å². The molecule has 0 spiro atoms. The summed E-state index contributed by atoms with van der Waals surface area (Å²) in [6.07, 6.45) is 1.87. The lowest BCUT2D eigenvalue weighted by Crippen LogP contribution is -2.44. The molecule has 0 bridgehead atoms. The van der Waals surface area contributed by atoms with Crippen molar-refractivity contribution in [1.29, 1.82) is 0 Å². The lowest BCUT2D eigenvalue weighted by molar-refractivity contribution is -0.0132. The Hall–Kier alpha value is -1.51. The van der Waals surface area contributed by atoms with E-state index in [2.05, 4.69) is 27.8 Å². The van der Waals surface area contributed by atoms with E-state index in [4.69, 9.17) is 4.74 Å². The van der Waals surface area contributed by atoms with E-state index in [-0.39, 0.29) is 12.1 Å². The molecule has 0 aliphatic carbocycles. The van der Waals surface area contributed by atoms with E-state index >= 15 is 0 Å². The van der Waals surface area contributed by atoms with Gasteiger partial charge in [0.25, 0.3) is 0 Å². The van der Waals surface area contributed by atoms with Gasteiger partial charge in [0.2, 0.25) is 5.13 Å². The number of hydrogen-bond donors (Lipinski definition) is 1. The average molecular weight is 338 g/mol. The molecule has 22 heavy (non-hydrogen) atoms. The minimum absolute atomic E-state index is 0.0455. The van der Waals surface area contributed by atoms with Gasteiger partial charge in [0.1, 0.15) is 11.1 Å². The van der Waals surface area contributed by atoms with Gasteiger partial charge in [-0.15, -0.1) is 10.2 Å². The second-order valence-corrected chi connectivity index (χ2v) is 6.89. The number of amides is 2. The van der Waals surface area contributed by atoms with Crippen molar-refractivity contribution in [3.63, 3.8) is 0 Å². The van der Waals surface area contributed by atoms with E-state index < -0.39 is 0 Å². The van der Waals surface area contributed by atoms with Crippen molar-refractivity contribution >= 4 is 33.8 Å². The first-order chi connectivity index (χ1) is 10.8. The van der Waals surface area contributed by atoms with Crippen LogP contribution in [-0.4, -0.2) is 40.8 Å². The summed E-state index contributed by atoms with van der Waals surface area (Å²) in [4.78, 5) is 14.1. The minimum Gasteiger partial charge on any atom is -0.370 e. The van der Waals surface area contributed by atoms with Crippen LogP contribution in [-0.2, 0) is 11.2 Å². The van der Waals surface area contributed by atoms with Crippen LogP contribution in [0.2, 0.25) is 0 Å². The average Bonchev–Trinajstić information content (AvgIpc) is 3.20. The fourth-order valence-electron chi connectivity index (χ4n) is 2.28. The molecule has 1 saturated heterocycles. The number of aromatic nitrogens is 2. The molecule has 0 aromatic carbocycles. The third-order valence-electron chi connectivity index (χ3n) is 3.41. The second kappa shape index (κ2) is 7.17. The van der Waals surface area contributed by atoms with E-state index in [1.54, 1.807) is 16.2 Å². The van der Waals surface area contributed by atoms with Crippen LogP contribution in [0.1, 0.15) is 30.0 Å². The monoisotopic (exact) mass is 338 g/mol. The smallest absolute Gasteiger partial charge is 0.323 e. The zero-order valence-corrected chi connectivity index (χ0v) is 14.0. The van der Waals surface area contributed by atoms with Crippen molar-refractivity contribution in [2.45, 2.75) is 25.9 Å². The fraction of sp³-hybridized carbons (Fsp3) is 0.500. The van der Waals surface area contributed by atoms with Gasteiger partial charge in [0, 0.05) is 13.0 Å². The number of carbonyl (C=O) groups is 1. The Morgan fingerprint density at radius 3 is 3.23 bits per heavy atom. The number of rotatable bonds is 4. The van der Waals surface area contributed by atoms with Gasteiger partial charge < -0.3 is 9.64 Å². The van der Waals surface area contributed by atoms with Gasteiger partial charge in [-0.1, -0.05) is 18.3 Å². The maximum Gasteiger partial charge on any atom is 0.323 e. The Bertz CT molecular complexity index is 614. The van der Waals surface area contributed by atoms with E-state index in [9.17, 15) is 4.79 Å². The lowest BCUT2D eigenvalue weighted by Gasteiger charge is -2.32. The van der Waals surface area contributed by atoms with Crippen LogP contribution in [0, 0.1) is 0 Å². The first-order valence-electron chi connectivity index (χ1n) is 7.28. The number of nitrogens with zero attached hydrogens (tertiary/aromatic N) is 3. The van der Waals surface area contributed by atoms with Gasteiger partial charge >= 0.3 is 6.03 Å². The molecule has 0 saturated carbocycles. The summed E-state index contributed by atoms with van der Waals surface area (Å²) in [6, 6.07) is 1.90. The molecular formula is C14H18N4O2S2. The molecule has 1 atom stereocenters. The molecule has 3 rings (SSSR count). The van der Waals surface area contributed by atoms with Crippen LogP contribution in [0.15, 0.2) is 16.8 Å². The number of aryl methyl sites for hydroxylation is 1. The summed E-state index contributed by atoms with van der Waals surface area (Å²) < 4.78 is 5.75. The maximum atomic E-state index is 12.4. The van der Waals surface area contributed by atoms with Crippen LogP contribution in [0.4, 0.5) is 9.93 Å². The normalized spacial score (nSPS) is 18.4. The summed E-state index contributed by atoms with van der Waals surface area (Å²) in [5, 5.41) is 16.5. The summed E-state index contributed by atoms with van der Waals surface area (Å²) in [7, 11) is 0. The van der Waals surface area contributed by atoms with Crippen LogP contribution >= 0.6 is 22.7 Å². The van der Waals surface area contributed by atoms with Gasteiger partial charge in [-0.05, 0) is 28.8 Å². The SMILES string of the molecule is CCCc1nnc(NC(=O)N2CCO[C@H](c3ccsc3)C2)s1. The summed E-state index contributed by atoms with van der Waals surface area (Å²) in [5.41, 5.74) is 1.13. The Morgan fingerprint density at radius 1 is 1.55 bits per heavy atom. The van der Waals surface area contributed by atoms with Crippen molar-refractivity contribution in [3.8, 4) is 0 Å². The first kappa shape index (κ1) is 15.4. The molecule has 6 nitrogen and oxygen atoms in total. The van der Waals surface area contributed by atoms with Crippen molar-refractivity contribution < 1.29 is 9.53 Å². The molecule has 8 heteroatoms. The molecule has 0 radical (unpaired) electrons. The van der Waals surface area contributed by atoms with E-state index in [0.29, 0.717) is 24.8 Å². The predicted molar refractivity (Wildman–Crippen MR) is 87.5 cm³/mol. The third-order valence-corrected chi connectivity index (χ3v) is 5.01. The van der Waals surface area contributed by atoms with Crippen molar-refractivity contribution in [2.75, 3.05) is 25.0 Å². The standard InChI is InChI=1S/C14H18N4O2S2/c1-2-3-12-16-17-13(22-12)15-14(19)18-5-6-20-11(8-18)10-4-7-21-9-10/h4,7,9,11H,2-3,5-6,8H2,1H3,(H,15,17,19)/t11-/m0/s1. The highest BCUT2D eigenvalue weighted by Crippen LogP contribution is 2.25. The Labute approximate surface area is 137 Å². The summed E-state index contributed by atoms with van der Waals surface area (Å²) in [6.45, 7) is 3.79. The molecular weight excluding hydrogens is 320 g/mol. The quantitative estimate of drug-likeness (QED) is 0.930. The number of morpholine rings is 1. The number of urea groups is 1. The van der Waals surface area contributed by atoms with Gasteiger partial charge in [-0.3, -0.25) is 5.32 Å². The molecule has 1 aliphatic heterocycles. The molecule has 2 aromatic rings. The van der Waals surface area contributed by atoms with Gasteiger partial charge in [0.15, 0.2) is 0 Å². The highest BCUT2D eigenvalue weighted by Gasteiger charge is 2.26. The molecule has 1 aliphatic rings. The highest BCUT2D eigenvalue weighted by molar-refractivity contribution is 7.15. The van der Waals surface area contributed by atoms with Crippen molar-refractivity contribution in [3.05, 3.63) is 27.4 Å². The van der Waals surface area contributed by atoms with Crippen molar-refractivity contribution in [2.24, 2.45) is 0 Å². The molecule has 0 unspecified atom stereocenters. The Morgan fingerprint density at radius 2 is 2.45 bits per heavy atom. The number of nitrogens with one attached hydrogen (secondary N) is 1. The molecule has 1 N–H and O–H groups in total. The number of carbonyl (C=O) groups excluding carboxylic acids is 1. The Kier molecular flexibility index (Phi) is 5.01. The van der Waals surface area contributed by atoms with Crippen LogP contribution < -0.4 is 5.32 Å². The summed E-state index contributed by atoms with van der Waals surface area (Å²) in [5.74, 6) is 0. The zero-order valence-electron chi connectivity index (χ0n) is 12.3. The second-order valence-electron chi connectivity index (χ2n) is 5.04. The largest absolute Gasteiger partial charge is 0.370 e. The Balaban J connectivity index is 1.59. The lowest BCUT2D eigenvalue weighted by atomic mass is 10.1. The minimum atomic E-state index is -0.136. The number of hydrogen-bond acceptors (Lipinski definition) is 6. The predicted octanol–water partition coefficient (Wildman–Crippen LogP) is 3.16. The maximum absolute atomic E-state index is 12.4. The third kappa shape index (κ3) is 3.63. The molecule has 2 amide bonds. The summed E-state index contributed by atoms with van der Waals surface area (Å²) >= 11 is 3.08.